The van der Waals surface area contributed by atoms with Crippen molar-refractivity contribution in [2.45, 2.75) is 71.4 Å². The third-order valence-corrected chi connectivity index (χ3v) is 5.03. The van der Waals surface area contributed by atoms with Crippen LogP contribution in [0.5, 0.6) is 0 Å². The van der Waals surface area contributed by atoms with Crippen LogP contribution in [-0.2, 0) is 4.74 Å². The van der Waals surface area contributed by atoms with Gasteiger partial charge in [-0.05, 0) is 38.5 Å². The Labute approximate surface area is 131 Å². The van der Waals surface area contributed by atoms with Crippen LogP contribution in [0.2, 0.25) is 0 Å². The molecule has 0 aromatic heterocycles. The Morgan fingerprint density at radius 2 is 1.90 bits per heavy atom. The van der Waals surface area contributed by atoms with Gasteiger partial charge in [0.25, 0.3) is 0 Å². The first-order valence-corrected chi connectivity index (χ1v) is 9.05. The molecule has 21 heavy (non-hydrogen) atoms. The summed E-state index contributed by atoms with van der Waals surface area (Å²) in [5.41, 5.74) is 0.239. The van der Waals surface area contributed by atoms with E-state index in [0.717, 1.165) is 44.8 Å². The monoisotopic (exact) mass is 296 g/mol. The summed E-state index contributed by atoms with van der Waals surface area (Å²) in [6, 6.07) is 0.723. The molecule has 3 heteroatoms. The molecular formula is C18H36N2O. The van der Waals surface area contributed by atoms with Gasteiger partial charge in [0.1, 0.15) is 0 Å². The van der Waals surface area contributed by atoms with Crippen molar-refractivity contribution < 1.29 is 4.74 Å². The lowest BCUT2D eigenvalue weighted by molar-refractivity contribution is 0.0158. The van der Waals surface area contributed by atoms with Crippen LogP contribution < -0.4 is 5.32 Å². The minimum absolute atomic E-state index is 0.239. The molecule has 0 radical (unpaired) electrons. The predicted molar refractivity (Wildman–Crippen MR) is 89.7 cm³/mol. The quantitative estimate of drug-likeness (QED) is 0.761. The second kappa shape index (κ2) is 7.94. The lowest BCUT2D eigenvalue weighted by Gasteiger charge is -2.48. The molecular weight excluding hydrogens is 260 g/mol. The molecule has 0 aromatic rings. The maximum absolute atomic E-state index is 5.84. The van der Waals surface area contributed by atoms with Crippen molar-refractivity contribution in [3.63, 3.8) is 0 Å². The molecule has 0 spiro atoms. The van der Waals surface area contributed by atoms with Gasteiger partial charge in [-0.1, -0.05) is 33.1 Å². The molecule has 0 bridgehead atoms. The molecule has 1 saturated carbocycles. The Morgan fingerprint density at radius 3 is 2.57 bits per heavy atom. The van der Waals surface area contributed by atoms with E-state index in [9.17, 15) is 0 Å². The minimum Gasteiger partial charge on any atom is -0.380 e. The maximum Gasteiger partial charge on any atom is 0.0593 e. The molecule has 124 valence electrons. The smallest absolute Gasteiger partial charge is 0.0593 e. The summed E-state index contributed by atoms with van der Waals surface area (Å²) in [6.07, 6.45) is 7.16. The Balaban J connectivity index is 1.86. The standard InChI is InChI=1S/C18H36N2O/c1-15(2)13-21-11-10-20-14-18(3,4)19-12-17(20)16-8-6-5-7-9-16/h15-17,19H,5-14H2,1-4H3. The van der Waals surface area contributed by atoms with Crippen LogP contribution in [0.15, 0.2) is 0 Å². The summed E-state index contributed by atoms with van der Waals surface area (Å²) in [4.78, 5) is 2.72. The van der Waals surface area contributed by atoms with Gasteiger partial charge in [-0.25, -0.2) is 0 Å². The third kappa shape index (κ3) is 5.54. The molecule has 1 heterocycles. The Hall–Kier alpha value is -0.120. The van der Waals surface area contributed by atoms with Crippen molar-refractivity contribution in [2.24, 2.45) is 11.8 Å². The highest BCUT2D eigenvalue weighted by molar-refractivity contribution is 4.95. The van der Waals surface area contributed by atoms with Crippen molar-refractivity contribution in [2.75, 3.05) is 32.8 Å². The van der Waals surface area contributed by atoms with E-state index in [1.165, 1.54) is 32.1 Å². The van der Waals surface area contributed by atoms with Gasteiger partial charge in [0.05, 0.1) is 6.61 Å². The van der Waals surface area contributed by atoms with Gasteiger partial charge in [-0.2, -0.15) is 0 Å². The fourth-order valence-corrected chi connectivity index (χ4v) is 3.92. The zero-order valence-electron chi connectivity index (χ0n) is 14.7. The summed E-state index contributed by atoms with van der Waals surface area (Å²) in [5, 5.41) is 3.76. The lowest BCUT2D eigenvalue weighted by atomic mass is 9.81. The predicted octanol–water partition coefficient (Wildman–Crippen LogP) is 3.29. The number of hydrogen-bond donors (Lipinski definition) is 1. The molecule has 1 unspecified atom stereocenters. The number of rotatable bonds is 6. The molecule has 1 N–H and O–H groups in total. The highest BCUT2D eigenvalue weighted by Crippen LogP contribution is 2.31. The summed E-state index contributed by atoms with van der Waals surface area (Å²) in [5.74, 6) is 1.53. The average molecular weight is 296 g/mol. The van der Waals surface area contributed by atoms with Crippen molar-refractivity contribution in [3.8, 4) is 0 Å². The van der Waals surface area contributed by atoms with Crippen molar-refractivity contribution in [1.82, 2.24) is 10.2 Å². The molecule has 1 aliphatic carbocycles. The van der Waals surface area contributed by atoms with Crippen molar-refractivity contribution in [1.29, 1.82) is 0 Å². The van der Waals surface area contributed by atoms with E-state index in [4.69, 9.17) is 4.74 Å². The van der Waals surface area contributed by atoms with Gasteiger partial charge >= 0.3 is 0 Å². The van der Waals surface area contributed by atoms with E-state index in [1.54, 1.807) is 0 Å². The van der Waals surface area contributed by atoms with E-state index in [2.05, 4.69) is 37.9 Å². The lowest BCUT2D eigenvalue weighted by Crippen LogP contribution is -2.64. The number of hydrogen-bond acceptors (Lipinski definition) is 3. The van der Waals surface area contributed by atoms with Gasteiger partial charge in [-0.15, -0.1) is 0 Å². The SMILES string of the molecule is CC(C)COCCN1CC(C)(C)NCC1C1CCCCC1. The summed E-state index contributed by atoms with van der Waals surface area (Å²) >= 11 is 0. The Bertz CT molecular complexity index is 298. The first kappa shape index (κ1) is 17.2. The first-order chi connectivity index (χ1) is 9.98. The zero-order valence-corrected chi connectivity index (χ0v) is 14.7. The highest BCUT2D eigenvalue weighted by atomic mass is 16.5. The molecule has 1 saturated heterocycles. The van der Waals surface area contributed by atoms with Gasteiger partial charge in [0.2, 0.25) is 0 Å². The number of ether oxygens (including phenoxy) is 1. The topological polar surface area (TPSA) is 24.5 Å². The Morgan fingerprint density at radius 1 is 1.19 bits per heavy atom. The largest absolute Gasteiger partial charge is 0.380 e. The molecule has 2 rings (SSSR count). The van der Waals surface area contributed by atoms with Crippen LogP contribution >= 0.6 is 0 Å². The third-order valence-electron chi connectivity index (χ3n) is 5.03. The normalized spacial score (nSPS) is 28.1. The zero-order chi connectivity index (χ0) is 15.3. The second-order valence-corrected chi connectivity index (χ2v) is 8.17. The van der Waals surface area contributed by atoms with Crippen LogP contribution in [0.4, 0.5) is 0 Å². The minimum atomic E-state index is 0.239. The van der Waals surface area contributed by atoms with Gasteiger partial charge in [0, 0.05) is 37.8 Å². The summed E-state index contributed by atoms with van der Waals surface area (Å²) in [7, 11) is 0. The van der Waals surface area contributed by atoms with E-state index < -0.39 is 0 Å². The van der Waals surface area contributed by atoms with Crippen LogP contribution in [0.3, 0.4) is 0 Å². The van der Waals surface area contributed by atoms with Crippen molar-refractivity contribution in [3.05, 3.63) is 0 Å². The van der Waals surface area contributed by atoms with E-state index >= 15 is 0 Å². The number of nitrogens with one attached hydrogen (secondary N) is 1. The van der Waals surface area contributed by atoms with Crippen molar-refractivity contribution >= 4 is 0 Å². The molecule has 3 nitrogen and oxygen atoms in total. The second-order valence-electron chi connectivity index (χ2n) is 8.17. The molecule has 1 atom stereocenters. The van der Waals surface area contributed by atoms with E-state index in [0.29, 0.717) is 5.92 Å². The van der Waals surface area contributed by atoms with Gasteiger partial charge in [-0.3, -0.25) is 4.90 Å². The highest BCUT2D eigenvalue weighted by Gasteiger charge is 2.36. The Kier molecular flexibility index (Phi) is 6.51. The van der Waals surface area contributed by atoms with Crippen LogP contribution in [0.25, 0.3) is 0 Å². The van der Waals surface area contributed by atoms with Crippen LogP contribution in [-0.4, -0.2) is 49.3 Å². The summed E-state index contributed by atoms with van der Waals surface area (Å²) in [6.45, 7) is 14.3. The molecule has 2 aliphatic rings. The average Bonchev–Trinajstić information content (AvgIpc) is 2.44. The van der Waals surface area contributed by atoms with Crippen LogP contribution in [0, 0.1) is 11.8 Å². The fraction of sp³-hybridized carbons (Fsp3) is 1.00. The van der Waals surface area contributed by atoms with E-state index in [-0.39, 0.29) is 5.54 Å². The van der Waals surface area contributed by atoms with Crippen LogP contribution in [0.1, 0.15) is 59.8 Å². The van der Waals surface area contributed by atoms with E-state index in [1.807, 2.05) is 0 Å². The first-order valence-electron chi connectivity index (χ1n) is 9.05. The molecule has 1 aliphatic heterocycles. The maximum atomic E-state index is 5.84. The summed E-state index contributed by atoms with van der Waals surface area (Å²) < 4.78 is 5.84. The molecule has 0 amide bonds. The molecule has 2 fully saturated rings. The number of piperazine rings is 1. The number of nitrogens with zero attached hydrogens (tertiary/aromatic N) is 1. The fourth-order valence-electron chi connectivity index (χ4n) is 3.92. The van der Waals surface area contributed by atoms with Gasteiger partial charge < -0.3 is 10.1 Å². The van der Waals surface area contributed by atoms with Gasteiger partial charge in [0.15, 0.2) is 0 Å². The molecule has 0 aromatic carbocycles.